The number of nitrogen functional groups attached to an aromatic ring is 1. The molecular formula is C10H12N6OS. The van der Waals surface area contributed by atoms with Crippen LogP contribution in [0, 0.1) is 0 Å². The fourth-order valence-electron chi connectivity index (χ4n) is 1.28. The van der Waals surface area contributed by atoms with Crippen molar-refractivity contribution in [3.63, 3.8) is 0 Å². The molecule has 2 aromatic rings. The Morgan fingerprint density at radius 2 is 2.17 bits per heavy atom. The summed E-state index contributed by atoms with van der Waals surface area (Å²) in [4.78, 5) is 26.1. The van der Waals surface area contributed by atoms with Gasteiger partial charge in [-0.05, 0) is 18.8 Å². The van der Waals surface area contributed by atoms with Crippen molar-refractivity contribution >= 4 is 17.6 Å². The van der Waals surface area contributed by atoms with Crippen molar-refractivity contribution < 1.29 is 0 Å². The molecule has 0 atom stereocenters. The molecule has 0 bridgehead atoms. The van der Waals surface area contributed by atoms with E-state index in [9.17, 15) is 4.79 Å². The van der Waals surface area contributed by atoms with E-state index in [1.807, 2.05) is 7.05 Å². The van der Waals surface area contributed by atoms with E-state index in [2.05, 4.69) is 25.3 Å². The third-order valence-corrected chi connectivity index (χ3v) is 2.77. The van der Waals surface area contributed by atoms with Gasteiger partial charge in [0.05, 0.1) is 0 Å². The molecule has 2 rings (SSSR count). The average molecular weight is 264 g/mol. The van der Waals surface area contributed by atoms with E-state index in [-0.39, 0.29) is 11.4 Å². The monoisotopic (exact) mass is 264 g/mol. The number of rotatable bonds is 4. The highest BCUT2D eigenvalue weighted by molar-refractivity contribution is 7.99. The molecular weight excluding hydrogens is 252 g/mol. The lowest BCUT2D eigenvalue weighted by Crippen LogP contribution is -2.09. The molecule has 0 spiro atoms. The molecule has 0 saturated carbocycles. The third kappa shape index (κ3) is 3.28. The van der Waals surface area contributed by atoms with Crippen molar-refractivity contribution in [3.8, 4) is 0 Å². The Hall–Kier alpha value is -1.93. The standard InChI is InChI=1S/C10H12N6OS/c1-12-3-6-4-13-9(14-5-6)18-10-15-7(11)2-8(17)16-10/h2,4-5,12H,3H2,1H3,(H3,11,15,16,17). The second-order valence-electron chi connectivity index (χ2n) is 3.48. The number of H-pyrrole nitrogens is 1. The molecule has 0 aliphatic rings. The van der Waals surface area contributed by atoms with E-state index in [1.54, 1.807) is 12.4 Å². The van der Waals surface area contributed by atoms with Gasteiger partial charge in [0, 0.05) is 30.6 Å². The molecule has 94 valence electrons. The van der Waals surface area contributed by atoms with Crippen LogP contribution in [0.25, 0.3) is 0 Å². The van der Waals surface area contributed by atoms with Crippen LogP contribution in [0.1, 0.15) is 5.56 Å². The maximum atomic E-state index is 11.2. The Kier molecular flexibility index (Phi) is 3.90. The van der Waals surface area contributed by atoms with E-state index < -0.39 is 0 Å². The van der Waals surface area contributed by atoms with Gasteiger partial charge in [-0.2, -0.15) is 0 Å². The zero-order valence-corrected chi connectivity index (χ0v) is 10.5. The fourth-order valence-corrected chi connectivity index (χ4v) is 1.97. The van der Waals surface area contributed by atoms with E-state index in [0.717, 1.165) is 17.3 Å². The molecule has 8 heteroatoms. The van der Waals surface area contributed by atoms with E-state index in [1.165, 1.54) is 6.07 Å². The first-order valence-corrected chi connectivity index (χ1v) is 5.99. The Morgan fingerprint density at radius 1 is 1.44 bits per heavy atom. The van der Waals surface area contributed by atoms with Crippen molar-refractivity contribution in [2.45, 2.75) is 16.9 Å². The molecule has 0 unspecified atom stereocenters. The summed E-state index contributed by atoms with van der Waals surface area (Å²) in [5.74, 6) is 0.174. The second-order valence-corrected chi connectivity index (χ2v) is 4.44. The normalized spacial score (nSPS) is 10.5. The highest BCUT2D eigenvalue weighted by atomic mass is 32.2. The Bertz CT molecular complexity index is 582. The SMILES string of the molecule is CNCc1cnc(Sc2nc(N)cc(=O)[nH]2)nc1. The molecule has 2 aromatic heterocycles. The molecule has 4 N–H and O–H groups in total. The number of hydrogen-bond donors (Lipinski definition) is 3. The van der Waals surface area contributed by atoms with Gasteiger partial charge in [0.2, 0.25) is 0 Å². The third-order valence-electron chi connectivity index (χ3n) is 1.99. The Morgan fingerprint density at radius 3 is 2.78 bits per heavy atom. The van der Waals surface area contributed by atoms with Crippen molar-refractivity contribution in [1.29, 1.82) is 0 Å². The molecule has 0 aliphatic carbocycles. The van der Waals surface area contributed by atoms with Crippen LogP contribution in [0.15, 0.2) is 33.6 Å². The predicted octanol–water partition coefficient (Wildman–Crippen LogP) is 0.0127. The molecule has 0 radical (unpaired) electrons. The number of nitrogens with two attached hydrogens (primary N) is 1. The molecule has 0 aliphatic heterocycles. The van der Waals surface area contributed by atoms with Crippen LogP contribution in [-0.4, -0.2) is 27.0 Å². The van der Waals surface area contributed by atoms with Crippen molar-refractivity contribution in [1.82, 2.24) is 25.3 Å². The minimum atomic E-state index is -0.295. The summed E-state index contributed by atoms with van der Waals surface area (Å²) in [6.07, 6.45) is 3.44. The highest BCUT2D eigenvalue weighted by Gasteiger charge is 2.04. The van der Waals surface area contributed by atoms with Crippen LogP contribution in [0.4, 0.5) is 5.82 Å². The van der Waals surface area contributed by atoms with Gasteiger partial charge in [0.25, 0.3) is 5.56 Å². The maximum Gasteiger partial charge on any atom is 0.253 e. The average Bonchev–Trinajstić information content (AvgIpc) is 2.31. The number of nitrogens with zero attached hydrogens (tertiary/aromatic N) is 3. The lowest BCUT2D eigenvalue weighted by molar-refractivity contribution is 0.792. The summed E-state index contributed by atoms with van der Waals surface area (Å²) in [7, 11) is 1.85. The first-order valence-electron chi connectivity index (χ1n) is 5.17. The highest BCUT2D eigenvalue weighted by Crippen LogP contribution is 2.19. The summed E-state index contributed by atoms with van der Waals surface area (Å²) >= 11 is 1.15. The van der Waals surface area contributed by atoms with Crippen LogP contribution >= 0.6 is 11.8 Å². The van der Waals surface area contributed by atoms with Crippen LogP contribution in [0.2, 0.25) is 0 Å². The smallest absolute Gasteiger partial charge is 0.253 e. The van der Waals surface area contributed by atoms with Crippen molar-refractivity contribution in [2.75, 3.05) is 12.8 Å². The van der Waals surface area contributed by atoms with Crippen LogP contribution in [0.5, 0.6) is 0 Å². The lowest BCUT2D eigenvalue weighted by Gasteiger charge is -2.01. The molecule has 0 saturated heterocycles. The minimum Gasteiger partial charge on any atom is -0.383 e. The van der Waals surface area contributed by atoms with Crippen LogP contribution in [0.3, 0.4) is 0 Å². The molecule has 0 fully saturated rings. The maximum absolute atomic E-state index is 11.2. The van der Waals surface area contributed by atoms with Gasteiger partial charge >= 0.3 is 0 Å². The number of aromatic amines is 1. The van der Waals surface area contributed by atoms with E-state index in [4.69, 9.17) is 5.73 Å². The summed E-state index contributed by atoms with van der Waals surface area (Å²) in [6.45, 7) is 0.707. The number of aromatic nitrogens is 4. The van der Waals surface area contributed by atoms with Gasteiger partial charge in [-0.3, -0.25) is 4.79 Å². The van der Waals surface area contributed by atoms with Gasteiger partial charge in [-0.15, -0.1) is 0 Å². The molecule has 7 nitrogen and oxygen atoms in total. The number of anilines is 1. The van der Waals surface area contributed by atoms with Gasteiger partial charge in [-0.1, -0.05) is 0 Å². The van der Waals surface area contributed by atoms with Gasteiger partial charge < -0.3 is 16.0 Å². The first-order chi connectivity index (χ1) is 8.67. The number of nitrogens with one attached hydrogen (secondary N) is 2. The summed E-state index contributed by atoms with van der Waals surface area (Å²) in [5.41, 5.74) is 6.17. The van der Waals surface area contributed by atoms with E-state index >= 15 is 0 Å². The first kappa shape index (κ1) is 12.5. The minimum absolute atomic E-state index is 0.174. The molecule has 18 heavy (non-hydrogen) atoms. The fraction of sp³-hybridized carbons (Fsp3) is 0.200. The van der Waals surface area contributed by atoms with Crippen LogP contribution in [-0.2, 0) is 6.54 Å². The molecule has 0 aromatic carbocycles. The van der Waals surface area contributed by atoms with Crippen LogP contribution < -0.4 is 16.6 Å². The molecule has 0 amide bonds. The molecule has 2 heterocycles. The summed E-state index contributed by atoms with van der Waals surface area (Å²) in [6, 6.07) is 1.22. The lowest BCUT2D eigenvalue weighted by atomic mass is 10.3. The van der Waals surface area contributed by atoms with Crippen molar-refractivity contribution in [3.05, 3.63) is 34.4 Å². The van der Waals surface area contributed by atoms with Gasteiger partial charge in [0.1, 0.15) is 5.82 Å². The van der Waals surface area contributed by atoms with Gasteiger partial charge in [0.15, 0.2) is 10.3 Å². The van der Waals surface area contributed by atoms with Gasteiger partial charge in [-0.25, -0.2) is 15.0 Å². The predicted molar refractivity (Wildman–Crippen MR) is 68.2 cm³/mol. The van der Waals surface area contributed by atoms with E-state index in [0.29, 0.717) is 16.9 Å². The Balaban J connectivity index is 2.15. The van der Waals surface area contributed by atoms with Crippen molar-refractivity contribution in [2.24, 2.45) is 0 Å². The largest absolute Gasteiger partial charge is 0.383 e. The second kappa shape index (κ2) is 5.61. The number of hydrogen-bond acceptors (Lipinski definition) is 7. The Labute approximate surface area is 107 Å². The quantitative estimate of drug-likeness (QED) is 0.667. The zero-order chi connectivity index (χ0) is 13.0. The summed E-state index contributed by atoms with van der Waals surface area (Å²) in [5, 5.41) is 3.88. The zero-order valence-electron chi connectivity index (χ0n) is 9.67. The topological polar surface area (TPSA) is 110 Å². The summed E-state index contributed by atoms with van der Waals surface area (Å²) < 4.78 is 0.